The molecule has 86 valence electrons. The van der Waals surface area contributed by atoms with Crippen LogP contribution >= 0.6 is 0 Å². The van der Waals surface area contributed by atoms with Crippen molar-refractivity contribution in [2.45, 2.75) is 26.2 Å². The van der Waals surface area contributed by atoms with Crippen LogP contribution in [0, 0.1) is 5.92 Å². The predicted molar refractivity (Wildman–Crippen MR) is 49.6 cm³/mol. The third kappa shape index (κ3) is 2.90. The minimum Gasteiger partial charge on any atom is -0.441 e. The molecule has 0 spiro atoms. The first-order chi connectivity index (χ1) is 7.06. The molecule has 0 aromatic carbocycles. The van der Waals surface area contributed by atoms with Crippen LogP contribution in [0.15, 0.2) is 0 Å². The number of esters is 1. The molecule has 0 radical (unpaired) electrons. The van der Waals surface area contributed by atoms with E-state index >= 15 is 0 Å². The van der Waals surface area contributed by atoms with Gasteiger partial charge in [0.05, 0.1) is 6.10 Å². The molecular formula is C9H15NO5. The normalized spacial score (nSPS) is 26.5. The summed E-state index contributed by atoms with van der Waals surface area (Å²) in [5, 5.41) is 2.48. The third-order valence-electron chi connectivity index (χ3n) is 2.16. The van der Waals surface area contributed by atoms with Crippen molar-refractivity contribution in [1.82, 2.24) is 5.32 Å². The van der Waals surface area contributed by atoms with Gasteiger partial charge in [-0.1, -0.05) is 0 Å². The maximum Gasteiger partial charge on any atom is 0.304 e. The SMILES string of the molecule is COCO[C@H](C)[C@@H]1C(=O)N[C@@H]1OC(C)=O. The largest absolute Gasteiger partial charge is 0.441 e. The molecule has 0 bridgehead atoms. The highest BCUT2D eigenvalue weighted by Crippen LogP contribution is 2.22. The van der Waals surface area contributed by atoms with Gasteiger partial charge in [0.1, 0.15) is 12.7 Å². The maximum absolute atomic E-state index is 11.2. The molecule has 0 unspecified atom stereocenters. The zero-order chi connectivity index (χ0) is 11.4. The molecule has 1 N–H and O–H groups in total. The number of β-lactam (4-membered cyclic amide) rings is 1. The second-order valence-corrected chi connectivity index (χ2v) is 3.34. The molecule has 1 saturated heterocycles. The van der Waals surface area contributed by atoms with Crippen molar-refractivity contribution < 1.29 is 23.8 Å². The van der Waals surface area contributed by atoms with Crippen LogP contribution in [0.3, 0.4) is 0 Å². The number of ether oxygens (including phenoxy) is 3. The smallest absolute Gasteiger partial charge is 0.304 e. The van der Waals surface area contributed by atoms with Crippen LogP contribution in [0.5, 0.6) is 0 Å². The van der Waals surface area contributed by atoms with E-state index in [4.69, 9.17) is 14.2 Å². The fourth-order valence-electron chi connectivity index (χ4n) is 1.39. The van der Waals surface area contributed by atoms with Gasteiger partial charge in [0.25, 0.3) is 0 Å². The molecule has 1 aliphatic heterocycles. The van der Waals surface area contributed by atoms with Gasteiger partial charge in [0, 0.05) is 14.0 Å². The second kappa shape index (κ2) is 5.09. The Hall–Kier alpha value is -1.14. The zero-order valence-corrected chi connectivity index (χ0v) is 8.98. The number of methoxy groups -OCH3 is 1. The number of carbonyl (C=O) groups excluding carboxylic acids is 2. The first-order valence-corrected chi connectivity index (χ1v) is 4.64. The quantitative estimate of drug-likeness (QED) is 0.386. The predicted octanol–water partition coefficient (Wildman–Crippen LogP) is -0.369. The third-order valence-corrected chi connectivity index (χ3v) is 2.16. The maximum atomic E-state index is 11.2. The Balaban J connectivity index is 2.43. The van der Waals surface area contributed by atoms with Gasteiger partial charge in [-0.25, -0.2) is 0 Å². The van der Waals surface area contributed by atoms with E-state index in [0.717, 1.165) is 0 Å². The van der Waals surface area contributed by atoms with Crippen molar-refractivity contribution in [3.8, 4) is 0 Å². The summed E-state index contributed by atoms with van der Waals surface area (Å²) in [6.45, 7) is 3.14. The Kier molecular flexibility index (Phi) is 4.05. The summed E-state index contributed by atoms with van der Waals surface area (Å²) in [4.78, 5) is 21.9. The highest BCUT2D eigenvalue weighted by atomic mass is 16.7. The highest BCUT2D eigenvalue weighted by molar-refractivity contribution is 5.86. The van der Waals surface area contributed by atoms with E-state index in [2.05, 4.69) is 5.32 Å². The van der Waals surface area contributed by atoms with E-state index < -0.39 is 18.1 Å². The molecule has 0 aliphatic carbocycles. The number of hydrogen-bond donors (Lipinski definition) is 1. The number of carbonyl (C=O) groups is 2. The van der Waals surface area contributed by atoms with Gasteiger partial charge in [-0.05, 0) is 6.92 Å². The van der Waals surface area contributed by atoms with Crippen molar-refractivity contribution in [3.63, 3.8) is 0 Å². The lowest BCUT2D eigenvalue weighted by atomic mass is 9.93. The lowest BCUT2D eigenvalue weighted by Gasteiger charge is -2.38. The van der Waals surface area contributed by atoms with Crippen LogP contribution in [0.1, 0.15) is 13.8 Å². The summed E-state index contributed by atoms with van der Waals surface area (Å²) in [5.74, 6) is -1.06. The molecule has 0 aromatic rings. The Labute approximate surface area is 87.9 Å². The molecule has 3 atom stereocenters. The van der Waals surface area contributed by atoms with Gasteiger partial charge in [-0.15, -0.1) is 0 Å². The number of amides is 1. The zero-order valence-electron chi connectivity index (χ0n) is 8.98. The summed E-state index contributed by atoms with van der Waals surface area (Å²) in [6.07, 6.45) is -0.926. The van der Waals surface area contributed by atoms with E-state index in [0.29, 0.717) is 0 Å². The Morgan fingerprint density at radius 3 is 2.73 bits per heavy atom. The Bertz CT molecular complexity index is 255. The van der Waals surface area contributed by atoms with Crippen molar-refractivity contribution in [3.05, 3.63) is 0 Å². The first-order valence-electron chi connectivity index (χ1n) is 4.64. The highest BCUT2D eigenvalue weighted by Gasteiger charge is 2.45. The van der Waals surface area contributed by atoms with E-state index in [1.54, 1.807) is 6.92 Å². The topological polar surface area (TPSA) is 73.9 Å². The van der Waals surface area contributed by atoms with Crippen molar-refractivity contribution in [2.24, 2.45) is 5.92 Å². The standard InChI is InChI=1S/C9H15NO5/c1-5(14-4-13-3)7-8(12)10-9(7)15-6(2)11/h5,7,9H,4H2,1-3H3,(H,10,12)/t5-,7-,9-/m1/s1. The average molecular weight is 217 g/mol. The van der Waals surface area contributed by atoms with E-state index in [9.17, 15) is 9.59 Å². The lowest BCUT2D eigenvalue weighted by Crippen LogP contribution is -2.63. The summed E-state index contributed by atoms with van der Waals surface area (Å²) >= 11 is 0. The van der Waals surface area contributed by atoms with Crippen molar-refractivity contribution in [1.29, 1.82) is 0 Å². The molecule has 1 heterocycles. The molecule has 15 heavy (non-hydrogen) atoms. The molecule has 1 amide bonds. The monoisotopic (exact) mass is 217 g/mol. The van der Waals surface area contributed by atoms with Crippen LogP contribution in [0.2, 0.25) is 0 Å². The fraction of sp³-hybridized carbons (Fsp3) is 0.778. The molecule has 1 rings (SSSR count). The number of rotatable bonds is 5. The van der Waals surface area contributed by atoms with Gasteiger partial charge < -0.3 is 19.5 Å². The molecule has 1 aliphatic rings. The summed E-state index contributed by atoms with van der Waals surface area (Å²) in [5.41, 5.74) is 0. The molecule has 0 saturated carbocycles. The van der Waals surface area contributed by atoms with E-state index in [1.807, 2.05) is 0 Å². The average Bonchev–Trinajstić information content (AvgIpc) is 2.12. The van der Waals surface area contributed by atoms with Crippen LogP contribution in [-0.4, -0.2) is 38.1 Å². The van der Waals surface area contributed by atoms with E-state index in [1.165, 1.54) is 14.0 Å². The Morgan fingerprint density at radius 1 is 1.60 bits per heavy atom. The molecule has 6 nitrogen and oxygen atoms in total. The second-order valence-electron chi connectivity index (χ2n) is 3.34. The van der Waals surface area contributed by atoms with Gasteiger partial charge >= 0.3 is 5.97 Å². The molecule has 1 fully saturated rings. The van der Waals surface area contributed by atoms with Gasteiger partial charge in [0.15, 0.2) is 6.23 Å². The van der Waals surface area contributed by atoms with Gasteiger partial charge in [0.2, 0.25) is 5.91 Å². The minimum absolute atomic E-state index is 0.109. The summed E-state index contributed by atoms with van der Waals surface area (Å²) in [7, 11) is 1.50. The summed E-state index contributed by atoms with van der Waals surface area (Å²) in [6, 6.07) is 0. The summed E-state index contributed by atoms with van der Waals surface area (Å²) < 4.78 is 14.8. The van der Waals surface area contributed by atoms with Crippen molar-refractivity contribution in [2.75, 3.05) is 13.9 Å². The molecular weight excluding hydrogens is 202 g/mol. The van der Waals surface area contributed by atoms with Crippen LogP contribution in [0.25, 0.3) is 0 Å². The van der Waals surface area contributed by atoms with Crippen LogP contribution < -0.4 is 5.32 Å². The lowest BCUT2D eigenvalue weighted by molar-refractivity contribution is -0.182. The fourth-order valence-corrected chi connectivity index (χ4v) is 1.39. The molecule has 6 heteroatoms. The first kappa shape index (κ1) is 11.9. The van der Waals surface area contributed by atoms with Gasteiger partial charge in [-0.3, -0.25) is 9.59 Å². The number of nitrogens with one attached hydrogen (secondary N) is 1. The van der Waals surface area contributed by atoms with Crippen LogP contribution in [-0.2, 0) is 23.8 Å². The van der Waals surface area contributed by atoms with Gasteiger partial charge in [-0.2, -0.15) is 0 Å². The Morgan fingerprint density at radius 2 is 2.27 bits per heavy atom. The van der Waals surface area contributed by atoms with E-state index in [-0.39, 0.29) is 18.8 Å². The minimum atomic E-state index is -0.582. The molecule has 0 aromatic heterocycles. The van der Waals surface area contributed by atoms with Crippen molar-refractivity contribution >= 4 is 11.9 Å². The number of hydrogen-bond acceptors (Lipinski definition) is 5. The van der Waals surface area contributed by atoms with Crippen LogP contribution in [0.4, 0.5) is 0 Å².